The molecule has 2 aliphatic rings. The van der Waals surface area contributed by atoms with Crippen molar-refractivity contribution in [1.82, 2.24) is 15.1 Å². The molecule has 5 nitrogen and oxygen atoms in total. The van der Waals surface area contributed by atoms with Crippen LogP contribution in [0.4, 0.5) is 8.78 Å². The number of halogens is 2. The van der Waals surface area contributed by atoms with Crippen LogP contribution < -0.4 is 5.73 Å². The molecule has 0 bridgehead atoms. The third-order valence-electron chi connectivity index (χ3n) is 5.02. The SMILES string of the molecule is N[C@H]1C[C@@H](N2CCc3cn[nH]c3C2)CO[C@@H]1c1cc(F)ccc1F. The molecule has 0 spiro atoms. The van der Waals surface area contributed by atoms with Crippen LogP contribution in [0.25, 0.3) is 0 Å². The van der Waals surface area contributed by atoms with Crippen LogP contribution in [0.2, 0.25) is 0 Å². The fourth-order valence-corrected chi connectivity index (χ4v) is 3.70. The van der Waals surface area contributed by atoms with Crippen molar-refractivity contribution in [3.8, 4) is 0 Å². The monoisotopic (exact) mass is 334 g/mol. The number of H-pyrrole nitrogens is 1. The quantitative estimate of drug-likeness (QED) is 0.880. The summed E-state index contributed by atoms with van der Waals surface area (Å²) in [5.41, 5.74) is 8.83. The van der Waals surface area contributed by atoms with Crippen LogP contribution in [-0.2, 0) is 17.7 Å². The number of nitrogens with two attached hydrogens (primary N) is 1. The summed E-state index contributed by atoms with van der Waals surface area (Å²) in [6.45, 7) is 2.17. The fourth-order valence-electron chi connectivity index (χ4n) is 3.70. The van der Waals surface area contributed by atoms with Crippen molar-refractivity contribution in [2.45, 2.75) is 37.6 Å². The Hall–Kier alpha value is -1.83. The number of nitrogens with one attached hydrogen (secondary N) is 1. The molecule has 128 valence electrons. The molecule has 3 atom stereocenters. The van der Waals surface area contributed by atoms with Gasteiger partial charge in [0, 0.05) is 30.7 Å². The van der Waals surface area contributed by atoms with Gasteiger partial charge in [0.1, 0.15) is 17.7 Å². The first-order valence-electron chi connectivity index (χ1n) is 8.19. The second kappa shape index (κ2) is 6.23. The summed E-state index contributed by atoms with van der Waals surface area (Å²) in [5, 5.41) is 7.11. The van der Waals surface area contributed by atoms with E-state index in [4.69, 9.17) is 10.5 Å². The highest BCUT2D eigenvalue weighted by Gasteiger charge is 2.35. The number of nitrogens with zero attached hydrogens (tertiary/aromatic N) is 2. The molecule has 0 saturated carbocycles. The number of ether oxygens (including phenoxy) is 1. The number of rotatable bonds is 2. The van der Waals surface area contributed by atoms with Gasteiger partial charge in [-0.2, -0.15) is 5.10 Å². The normalized spacial score (nSPS) is 27.9. The van der Waals surface area contributed by atoms with Crippen LogP contribution in [0.5, 0.6) is 0 Å². The Bertz CT molecular complexity index is 735. The smallest absolute Gasteiger partial charge is 0.129 e. The summed E-state index contributed by atoms with van der Waals surface area (Å²) in [6, 6.07) is 3.20. The molecule has 24 heavy (non-hydrogen) atoms. The van der Waals surface area contributed by atoms with Gasteiger partial charge in [-0.15, -0.1) is 0 Å². The van der Waals surface area contributed by atoms with E-state index in [2.05, 4.69) is 15.1 Å². The van der Waals surface area contributed by atoms with Gasteiger partial charge in [0.15, 0.2) is 0 Å². The van der Waals surface area contributed by atoms with E-state index < -0.39 is 17.7 Å². The molecule has 1 saturated heterocycles. The summed E-state index contributed by atoms with van der Waals surface area (Å²) in [4.78, 5) is 2.32. The van der Waals surface area contributed by atoms with Crippen molar-refractivity contribution in [2.75, 3.05) is 13.2 Å². The van der Waals surface area contributed by atoms with Gasteiger partial charge >= 0.3 is 0 Å². The van der Waals surface area contributed by atoms with Crippen molar-refractivity contribution >= 4 is 0 Å². The molecule has 3 heterocycles. The van der Waals surface area contributed by atoms with Gasteiger partial charge in [0.05, 0.1) is 18.5 Å². The molecule has 0 radical (unpaired) electrons. The van der Waals surface area contributed by atoms with Crippen LogP contribution >= 0.6 is 0 Å². The predicted molar refractivity (Wildman–Crippen MR) is 84.1 cm³/mol. The summed E-state index contributed by atoms with van der Waals surface area (Å²) in [5.74, 6) is -0.956. The standard InChI is InChI=1S/C17H20F2N4O/c18-11-1-2-14(19)13(5-11)17-15(20)6-12(9-24-17)23-4-3-10-7-21-22-16(10)8-23/h1-2,5,7,12,15,17H,3-4,6,8-9,20H2,(H,21,22)/t12-,15+,17-/m1/s1. The summed E-state index contributed by atoms with van der Waals surface area (Å²) in [6.07, 6.45) is 2.90. The van der Waals surface area contributed by atoms with Gasteiger partial charge in [-0.05, 0) is 36.6 Å². The third-order valence-corrected chi connectivity index (χ3v) is 5.02. The lowest BCUT2D eigenvalue weighted by Gasteiger charge is -2.41. The second-order valence-corrected chi connectivity index (χ2v) is 6.57. The Labute approximate surface area is 138 Å². The second-order valence-electron chi connectivity index (χ2n) is 6.57. The van der Waals surface area contributed by atoms with Crippen molar-refractivity contribution in [3.05, 3.63) is 52.9 Å². The summed E-state index contributed by atoms with van der Waals surface area (Å²) >= 11 is 0. The number of benzene rings is 1. The number of hydrogen-bond donors (Lipinski definition) is 2. The maximum absolute atomic E-state index is 14.0. The van der Waals surface area contributed by atoms with Crippen LogP contribution in [-0.4, -0.2) is 40.3 Å². The zero-order chi connectivity index (χ0) is 16.7. The van der Waals surface area contributed by atoms with Gasteiger partial charge in [-0.3, -0.25) is 10.00 Å². The van der Waals surface area contributed by atoms with Crippen molar-refractivity contribution in [2.24, 2.45) is 5.73 Å². The Morgan fingerprint density at radius 3 is 3.04 bits per heavy atom. The lowest BCUT2D eigenvalue weighted by atomic mass is 9.92. The number of aromatic nitrogens is 2. The van der Waals surface area contributed by atoms with Gasteiger partial charge in [0.2, 0.25) is 0 Å². The number of aromatic amines is 1. The summed E-state index contributed by atoms with van der Waals surface area (Å²) in [7, 11) is 0. The van der Waals surface area contributed by atoms with Gasteiger partial charge in [0.25, 0.3) is 0 Å². The highest BCUT2D eigenvalue weighted by molar-refractivity contribution is 5.24. The molecule has 2 aliphatic heterocycles. The Morgan fingerprint density at radius 1 is 1.33 bits per heavy atom. The molecule has 1 aromatic carbocycles. The van der Waals surface area contributed by atoms with Crippen molar-refractivity contribution < 1.29 is 13.5 Å². The molecule has 4 rings (SSSR count). The molecule has 0 unspecified atom stereocenters. The number of fused-ring (bicyclic) bond motifs is 1. The van der Waals surface area contributed by atoms with E-state index in [0.717, 1.165) is 37.3 Å². The first-order chi connectivity index (χ1) is 11.6. The topological polar surface area (TPSA) is 67.2 Å². The summed E-state index contributed by atoms with van der Waals surface area (Å²) < 4.78 is 33.3. The van der Waals surface area contributed by atoms with Gasteiger partial charge in [-0.1, -0.05) is 0 Å². The van der Waals surface area contributed by atoms with E-state index in [-0.39, 0.29) is 17.6 Å². The van der Waals surface area contributed by atoms with E-state index in [9.17, 15) is 8.78 Å². The predicted octanol–water partition coefficient (Wildman–Crippen LogP) is 1.90. The van der Waals surface area contributed by atoms with E-state index in [1.165, 1.54) is 11.6 Å². The molecule has 0 aliphatic carbocycles. The van der Waals surface area contributed by atoms with Crippen LogP contribution in [0, 0.1) is 11.6 Å². The average Bonchev–Trinajstić information content (AvgIpc) is 3.05. The minimum atomic E-state index is -0.607. The first kappa shape index (κ1) is 15.7. The lowest BCUT2D eigenvalue weighted by molar-refractivity contribution is -0.0550. The highest BCUT2D eigenvalue weighted by atomic mass is 19.1. The van der Waals surface area contributed by atoms with Crippen molar-refractivity contribution in [3.63, 3.8) is 0 Å². The van der Waals surface area contributed by atoms with E-state index in [0.29, 0.717) is 13.0 Å². The molecule has 0 amide bonds. The molecular weight excluding hydrogens is 314 g/mol. The lowest BCUT2D eigenvalue weighted by Crippen LogP contribution is -2.50. The maximum Gasteiger partial charge on any atom is 0.129 e. The Morgan fingerprint density at radius 2 is 2.21 bits per heavy atom. The molecular formula is C17H20F2N4O. The zero-order valence-corrected chi connectivity index (χ0v) is 13.2. The number of hydrogen-bond acceptors (Lipinski definition) is 4. The van der Waals surface area contributed by atoms with Gasteiger partial charge in [-0.25, -0.2) is 8.78 Å². The maximum atomic E-state index is 14.0. The minimum absolute atomic E-state index is 0.171. The average molecular weight is 334 g/mol. The van der Waals surface area contributed by atoms with Crippen LogP contribution in [0.1, 0.15) is 29.3 Å². The minimum Gasteiger partial charge on any atom is -0.370 e. The Balaban J connectivity index is 1.46. The molecule has 7 heteroatoms. The fraction of sp³-hybridized carbons (Fsp3) is 0.471. The van der Waals surface area contributed by atoms with Crippen LogP contribution in [0.3, 0.4) is 0 Å². The molecule has 3 N–H and O–H groups in total. The third kappa shape index (κ3) is 2.83. The van der Waals surface area contributed by atoms with Crippen LogP contribution in [0.15, 0.2) is 24.4 Å². The largest absolute Gasteiger partial charge is 0.370 e. The van der Waals surface area contributed by atoms with E-state index in [1.54, 1.807) is 0 Å². The van der Waals surface area contributed by atoms with Gasteiger partial charge < -0.3 is 10.5 Å². The Kier molecular flexibility index (Phi) is 4.07. The molecule has 1 aromatic heterocycles. The zero-order valence-electron chi connectivity index (χ0n) is 13.2. The molecule has 2 aromatic rings. The molecule has 1 fully saturated rings. The van der Waals surface area contributed by atoms with E-state index in [1.807, 2.05) is 6.20 Å². The van der Waals surface area contributed by atoms with Crippen molar-refractivity contribution in [1.29, 1.82) is 0 Å². The highest BCUT2D eigenvalue weighted by Crippen LogP contribution is 2.32. The first-order valence-corrected chi connectivity index (χ1v) is 8.19. The van der Waals surface area contributed by atoms with E-state index >= 15 is 0 Å².